The maximum Gasteiger partial charge on any atom is 0.407 e. The summed E-state index contributed by atoms with van der Waals surface area (Å²) in [6.45, 7) is 2.60. The average Bonchev–Trinajstić information content (AvgIpc) is 3.71. The van der Waals surface area contributed by atoms with E-state index in [2.05, 4.69) is 20.1 Å². The van der Waals surface area contributed by atoms with Crippen LogP contribution in [-0.2, 0) is 7.05 Å². The molecule has 0 spiro atoms. The zero-order valence-electron chi connectivity index (χ0n) is 22.9. The molecule has 1 aliphatic heterocycles. The molecule has 216 valence electrons. The Hall–Kier alpha value is -4.98. The second kappa shape index (κ2) is 11.1. The predicted molar refractivity (Wildman–Crippen MR) is 154 cm³/mol. The molecule has 5 heterocycles. The van der Waals surface area contributed by atoms with Crippen molar-refractivity contribution in [3.05, 3.63) is 65.8 Å². The summed E-state index contributed by atoms with van der Waals surface area (Å²) in [5.74, 6) is -0.262. The molecule has 13 nitrogen and oxygen atoms in total. The van der Waals surface area contributed by atoms with Crippen molar-refractivity contribution in [1.29, 1.82) is 0 Å². The molecule has 1 aromatic carbocycles. The van der Waals surface area contributed by atoms with Gasteiger partial charge in [-0.2, -0.15) is 10.1 Å². The molecular weight excluding hydrogens is 560 g/mol. The van der Waals surface area contributed by atoms with Crippen LogP contribution in [0.1, 0.15) is 41.2 Å². The van der Waals surface area contributed by atoms with Gasteiger partial charge in [0.15, 0.2) is 0 Å². The molecule has 1 unspecified atom stereocenters. The number of imidazole rings is 1. The summed E-state index contributed by atoms with van der Waals surface area (Å²) in [6.07, 6.45) is 6.48. The van der Waals surface area contributed by atoms with Gasteiger partial charge in [0.05, 0.1) is 22.9 Å². The van der Waals surface area contributed by atoms with Crippen LogP contribution in [0.4, 0.5) is 4.79 Å². The van der Waals surface area contributed by atoms with Crippen molar-refractivity contribution in [1.82, 2.24) is 34.2 Å². The average molecular weight is 589 g/mol. The number of nitrogens with two attached hydrogens (primary N) is 1. The van der Waals surface area contributed by atoms with Crippen LogP contribution in [0.2, 0.25) is 0 Å². The van der Waals surface area contributed by atoms with Crippen LogP contribution in [0.25, 0.3) is 27.2 Å². The fraction of sp³-hybridized carbons (Fsp3) is 0.286. The topological polar surface area (TPSA) is 164 Å². The highest BCUT2D eigenvalue weighted by atomic mass is 32.1. The highest BCUT2D eigenvalue weighted by molar-refractivity contribution is 7.16. The number of aromatic nitrogens is 6. The van der Waals surface area contributed by atoms with Gasteiger partial charge in [-0.3, -0.25) is 14.0 Å². The number of benzene rings is 1. The van der Waals surface area contributed by atoms with E-state index < -0.39 is 18.1 Å². The van der Waals surface area contributed by atoms with Crippen LogP contribution in [-0.4, -0.2) is 70.5 Å². The molecule has 14 heteroatoms. The number of carboxylic acid groups (broad SMARTS) is 1. The van der Waals surface area contributed by atoms with Gasteiger partial charge in [0, 0.05) is 57.0 Å². The van der Waals surface area contributed by atoms with Gasteiger partial charge >= 0.3 is 12.1 Å². The number of piperidine rings is 1. The van der Waals surface area contributed by atoms with Crippen LogP contribution in [0.3, 0.4) is 0 Å². The summed E-state index contributed by atoms with van der Waals surface area (Å²) in [7, 11) is 1.87. The number of amides is 2. The molecule has 5 aromatic rings. The van der Waals surface area contributed by atoms with Crippen molar-refractivity contribution in [2.24, 2.45) is 12.8 Å². The smallest absolute Gasteiger partial charge is 0.407 e. The second-order valence-electron chi connectivity index (χ2n) is 9.97. The largest absolute Gasteiger partial charge is 0.483 e. The number of aryl methyl sites for hydroxylation is 1. The number of hydrogen-bond donors (Lipinski definition) is 2. The van der Waals surface area contributed by atoms with Crippen molar-refractivity contribution in [2.75, 3.05) is 13.1 Å². The molecule has 1 fully saturated rings. The van der Waals surface area contributed by atoms with E-state index >= 15 is 0 Å². The van der Waals surface area contributed by atoms with Gasteiger partial charge in [-0.05, 0) is 30.7 Å². The molecule has 4 aromatic heterocycles. The molecule has 2 amide bonds. The van der Waals surface area contributed by atoms with Crippen molar-refractivity contribution in [3.63, 3.8) is 0 Å². The van der Waals surface area contributed by atoms with Gasteiger partial charge < -0.3 is 25.2 Å². The molecule has 0 saturated carbocycles. The quantitative estimate of drug-likeness (QED) is 0.272. The van der Waals surface area contributed by atoms with Gasteiger partial charge in [-0.15, -0.1) is 11.3 Å². The number of hydrogen-bond acceptors (Lipinski definition) is 9. The van der Waals surface area contributed by atoms with E-state index in [1.54, 1.807) is 35.5 Å². The molecule has 0 radical (unpaired) electrons. The Morgan fingerprint density at radius 2 is 1.95 bits per heavy atom. The van der Waals surface area contributed by atoms with Crippen LogP contribution in [0.5, 0.6) is 11.8 Å². The number of ether oxygens (including phenoxy) is 2. The molecule has 6 rings (SSSR count). The Bertz CT molecular complexity index is 1770. The first-order chi connectivity index (χ1) is 20.2. The Balaban J connectivity index is 1.20. The van der Waals surface area contributed by atoms with E-state index in [1.807, 2.05) is 42.9 Å². The number of fused-ring (bicyclic) bond motifs is 1. The first-order valence-electron chi connectivity index (χ1n) is 13.3. The highest BCUT2D eigenvalue weighted by Crippen LogP contribution is 2.36. The lowest BCUT2D eigenvalue weighted by atomic mass is 10.1. The lowest BCUT2D eigenvalue weighted by Gasteiger charge is -2.29. The maximum absolute atomic E-state index is 12.4. The van der Waals surface area contributed by atoms with E-state index in [4.69, 9.17) is 20.3 Å². The molecule has 1 atom stereocenters. The molecular formula is C28H28N8O5S. The van der Waals surface area contributed by atoms with Gasteiger partial charge in [0.2, 0.25) is 0 Å². The monoisotopic (exact) mass is 588 g/mol. The minimum absolute atomic E-state index is 0.182. The summed E-state index contributed by atoms with van der Waals surface area (Å²) >= 11 is 1.22. The van der Waals surface area contributed by atoms with E-state index in [0.717, 1.165) is 27.2 Å². The lowest BCUT2D eigenvalue weighted by Crippen LogP contribution is -2.41. The summed E-state index contributed by atoms with van der Waals surface area (Å²) in [5, 5.41) is 14.1. The van der Waals surface area contributed by atoms with E-state index in [0.29, 0.717) is 37.4 Å². The third-order valence-electron chi connectivity index (χ3n) is 7.09. The standard InChI is InChI=1S/C28H28N8O5S/c1-16(20-5-8-30-27(33-20)41-19-6-9-35(10-7-19)28(38)39)40-23-12-24(42-25(23)26(29)37)36-15-31-21-11-17(3-4-22(21)36)18-13-32-34(2)14-18/h3-5,8,11-16,19H,6-7,9-10H2,1-2H3,(H2,29,37)(H,38,39). The molecule has 3 N–H and O–H groups in total. The number of thiophene rings is 1. The molecule has 0 bridgehead atoms. The molecule has 42 heavy (non-hydrogen) atoms. The third kappa shape index (κ3) is 5.48. The van der Waals surface area contributed by atoms with Crippen LogP contribution < -0.4 is 15.2 Å². The number of likely N-dealkylation sites (tertiary alicyclic amines) is 1. The normalized spacial score (nSPS) is 14.7. The molecule has 0 aliphatic carbocycles. The first-order valence-corrected chi connectivity index (χ1v) is 14.1. The summed E-state index contributed by atoms with van der Waals surface area (Å²) in [5.41, 5.74) is 9.94. The molecule has 1 saturated heterocycles. The van der Waals surface area contributed by atoms with Gasteiger partial charge in [-0.25, -0.2) is 14.8 Å². The summed E-state index contributed by atoms with van der Waals surface area (Å²) in [6, 6.07) is 9.65. The number of primary amides is 1. The zero-order chi connectivity index (χ0) is 29.4. The Morgan fingerprint density at radius 3 is 2.67 bits per heavy atom. The van der Waals surface area contributed by atoms with Crippen LogP contribution in [0, 0.1) is 0 Å². The van der Waals surface area contributed by atoms with Crippen molar-refractivity contribution < 1.29 is 24.2 Å². The number of carbonyl (C=O) groups is 2. The fourth-order valence-electron chi connectivity index (χ4n) is 4.88. The Morgan fingerprint density at radius 1 is 1.14 bits per heavy atom. The van der Waals surface area contributed by atoms with E-state index in [1.165, 1.54) is 16.2 Å². The fourth-order valence-corrected chi connectivity index (χ4v) is 5.81. The number of rotatable bonds is 8. The van der Waals surface area contributed by atoms with Crippen molar-refractivity contribution in [3.8, 4) is 27.9 Å². The number of nitrogens with zero attached hydrogens (tertiary/aromatic N) is 7. The SMILES string of the molecule is CC(Oc1cc(-n2cnc3cc(-c4cnn(C)c4)ccc32)sc1C(N)=O)c1ccnc(OC2CCN(C(=O)O)CC2)n1. The van der Waals surface area contributed by atoms with Crippen molar-refractivity contribution >= 4 is 34.4 Å². The Kier molecular flexibility index (Phi) is 7.20. The minimum Gasteiger partial charge on any atom is -0.483 e. The first kappa shape index (κ1) is 27.2. The van der Waals surface area contributed by atoms with Gasteiger partial charge in [0.1, 0.15) is 34.2 Å². The number of carbonyl (C=O) groups excluding carboxylic acids is 1. The zero-order valence-corrected chi connectivity index (χ0v) is 23.7. The van der Waals surface area contributed by atoms with E-state index in [-0.39, 0.29) is 17.0 Å². The summed E-state index contributed by atoms with van der Waals surface area (Å²) < 4.78 is 15.8. The van der Waals surface area contributed by atoms with E-state index in [9.17, 15) is 9.59 Å². The third-order valence-corrected chi connectivity index (χ3v) is 8.22. The van der Waals surface area contributed by atoms with Crippen LogP contribution in [0.15, 0.2) is 55.2 Å². The minimum atomic E-state index is -0.930. The van der Waals surface area contributed by atoms with Gasteiger partial charge in [0.25, 0.3) is 5.91 Å². The Labute approximate surface area is 244 Å². The molecule has 1 aliphatic rings. The maximum atomic E-state index is 12.4. The second-order valence-corrected chi connectivity index (χ2v) is 11.0. The predicted octanol–water partition coefficient (Wildman–Crippen LogP) is 4.04. The van der Waals surface area contributed by atoms with Crippen molar-refractivity contribution in [2.45, 2.75) is 32.0 Å². The summed E-state index contributed by atoms with van der Waals surface area (Å²) in [4.78, 5) is 38.4. The lowest BCUT2D eigenvalue weighted by molar-refractivity contribution is 0.0836. The van der Waals surface area contributed by atoms with Gasteiger partial charge in [-0.1, -0.05) is 6.07 Å². The van der Waals surface area contributed by atoms with Crippen LogP contribution >= 0.6 is 11.3 Å². The highest BCUT2D eigenvalue weighted by Gasteiger charge is 2.25.